The molecule has 1 aromatic heterocycles. The van der Waals surface area contributed by atoms with Gasteiger partial charge in [0.15, 0.2) is 0 Å². The van der Waals surface area contributed by atoms with Crippen molar-refractivity contribution in [2.45, 2.75) is 45.2 Å². The molecular weight excluding hydrogens is 537 g/mol. The van der Waals surface area contributed by atoms with Crippen LogP contribution in [0.4, 0.5) is 23.8 Å². The molecule has 4 rings (SSSR count). The van der Waals surface area contributed by atoms with Crippen molar-refractivity contribution < 1.29 is 27.5 Å². The fraction of sp³-hybridized carbons (Fsp3) is 0.586. The van der Waals surface area contributed by atoms with Gasteiger partial charge in [0.25, 0.3) is 0 Å². The molecule has 0 bridgehead atoms. The molecule has 2 saturated heterocycles. The molecule has 0 saturated carbocycles. The molecule has 12 heteroatoms. The predicted octanol–water partition coefficient (Wildman–Crippen LogP) is 3.95. The molecule has 41 heavy (non-hydrogen) atoms. The molecule has 3 heterocycles. The molecule has 224 valence electrons. The van der Waals surface area contributed by atoms with Gasteiger partial charge in [0.05, 0.1) is 24.9 Å². The molecule has 2 amide bonds. The molecule has 9 nitrogen and oxygen atoms in total. The Kier molecular flexibility index (Phi) is 9.41. The van der Waals surface area contributed by atoms with Gasteiger partial charge in [-0.15, -0.1) is 0 Å². The van der Waals surface area contributed by atoms with E-state index in [1.54, 1.807) is 29.6 Å². The molecule has 0 aliphatic carbocycles. The lowest BCUT2D eigenvalue weighted by Crippen LogP contribution is -2.54. The average Bonchev–Trinajstić information content (AvgIpc) is 2.95. The highest BCUT2D eigenvalue weighted by Gasteiger charge is 2.40. The summed E-state index contributed by atoms with van der Waals surface area (Å²) in [4.78, 5) is 40.1. The number of amides is 2. The van der Waals surface area contributed by atoms with E-state index in [4.69, 9.17) is 4.74 Å². The molecule has 1 aromatic carbocycles. The van der Waals surface area contributed by atoms with Crippen LogP contribution in [0.3, 0.4) is 0 Å². The Bertz CT molecular complexity index is 1170. The smallest absolute Gasteiger partial charge is 0.416 e. The van der Waals surface area contributed by atoms with Crippen molar-refractivity contribution in [2.24, 2.45) is 5.41 Å². The highest BCUT2D eigenvalue weighted by molar-refractivity contribution is 5.78. The van der Waals surface area contributed by atoms with Gasteiger partial charge < -0.3 is 19.9 Å². The van der Waals surface area contributed by atoms with Crippen molar-refractivity contribution >= 4 is 17.8 Å². The van der Waals surface area contributed by atoms with Gasteiger partial charge in [-0.1, -0.05) is 39.0 Å². The van der Waals surface area contributed by atoms with Crippen LogP contribution < -0.4 is 10.2 Å². The first-order valence-corrected chi connectivity index (χ1v) is 13.9. The van der Waals surface area contributed by atoms with E-state index < -0.39 is 23.2 Å². The lowest BCUT2D eigenvalue weighted by atomic mass is 9.72. The maximum atomic E-state index is 13.5. The minimum atomic E-state index is -4.48. The molecule has 0 radical (unpaired) electrons. The number of piperidine rings is 1. The van der Waals surface area contributed by atoms with E-state index in [-0.39, 0.29) is 31.0 Å². The van der Waals surface area contributed by atoms with Crippen molar-refractivity contribution in [2.75, 3.05) is 63.9 Å². The summed E-state index contributed by atoms with van der Waals surface area (Å²) in [6.07, 6.45) is 0.762. The van der Waals surface area contributed by atoms with E-state index in [0.29, 0.717) is 44.6 Å². The van der Waals surface area contributed by atoms with E-state index in [9.17, 15) is 22.8 Å². The number of nitrogens with zero attached hydrogens (tertiary/aromatic N) is 5. The van der Waals surface area contributed by atoms with Crippen molar-refractivity contribution in [1.29, 1.82) is 0 Å². The Labute approximate surface area is 239 Å². The van der Waals surface area contributed by atoms with Crippen LogP contribution >= 0.6 is 0 Å². The summed E-state index contributed by atoms with van der Waals surface area (Å²) in [6.45, 7) is 10.1. The van der Waals surface area contributed by atoms with Gasteiger partial charge in [-0.2, -0.15) is 13.2 Å². The first kappa shape index (κ1) is 30.5. The van der Waals surface area contributed by atoms with E-state index in [2.05, 4.69) is 25.1 Å². The van der Waals surface area contributed by atoms with Crippen LogP contribution in [0.25, 0.3) is 0 Å². The standard InChI is InChI=1S/C29H39F3N6O3/c1-27(2,3)21-41-26(40)35-20-28(22-5-4-6-23(17-22)29(30,31)32)7-11-38(12-8-28)25(39)19-36-13-15-37(16-14-36)24-18-33-9-10-34-24/h4-6,9-10,17-18H,7-8,11-16,19-21H2,1-3H3,(H,35,40). The van der Waals surface area contributed by atoms with Gasteiger partial charge in [-0.05, 0) is 29.9 Å². The number of ether oxygens (including phenoxy) is 1. The number of hydrogen-bond acceptors (Lipinski definition) is 7. The minimum Gasteiger partial charge on any atom is -0.449 e. The third-order valence-electron chi connectivity index (χ3n) is 7.69. The summed E-state index contributed by atoms with van der Waals surface area (Å²) < 4.78 is 45.9. The van der Waals surface area contributed by atoms with Crippen LogP contribution in [0.5, 0.6) is 0 Å². The topological polar surface area (TPSA) is 90.9 Å². The van der Waals surface area contributed by atoms with Gasteiger partial charge in [0, 0.05) is 63.6 Å². The summed E-state index contributed by atoms with van der Waals surface area (Å²) in [5, 5.41) is 2.78. The quantitative estimate of drug-likeness (QED) is 0.534. The number of aromatic nitrogens is 2. The number of carbonyl (C=O) groups excluding carboxylic acids is 2. The third-order valence-corrected chi connectivity index (χ3v) is 7.69. The number of hydrogen-bond donors (Lipinski definition) is 1. The summed E-state index contributed by atoms with van der Waals surface area (Å²) in [5.41, 5.74) is -1.22. The Morgan fingerprint density at radius 3 is 2.34 bits per heavy atom. The highest BCUT2D eigenvalue weighted by Crippen LogP contribution is 2.38. The zero-order chi connectivity index (χ0) is 29.7. The second-order valence-electron chi connectivity index (χ2n) is 12.1. The Balaban J connectivity index is 1.38. The van der Waals surface area contributed by atoms with Gasteiger partial charge in [-0.3, -0.25) is 14.7 Å². The van der Waals surface area contributed by atoms with E-state index in [1.165, 1.54) is 6.07 Å². The number of benzene rings is 1. The van der Waals surface area contributed by atoms with Crippen LogP contribution in [0.15, 0.2) is 42.9 Å². The number of carbonyl (C=O) groups is 2. The van der Waals surface area contributed by atoms with Crippen LogP contribution in [0.1, 0.15) is 44.7 Å². The predicted molar refractivity (Wildman–Crippen MR) is 148 cm³/mol. The second-order valence-corrected chi connectivity index (χ2v) is 12.1. The fourth-order valence-electron chi connectivity index (χ4n) is 5.23. The van der Waals surface area contributed by atoms with E-state index >= 15 is 0 Å². The molecule has 2 aromatic rings. The molecule has 1 N–H and O–H groups in total. The SMILES string of the molecule is CC(C)(C)COC(=O)NCC1(c2cccc(C(F)(F)F)c2)CCN(C(=O)CN2CCN(c3cnccn3)CC2)CC1. The van der Waals surface area contributed by atoms with Crippen molar-refractivity contribution in [3.05, 3.63) is 54.0 Å². The number of likely N-dealkylation sites (tertiary alicyclic amines) is 1. The molecular formula is C29H39F3N6O3. The van der Waals surface area contributed by atoms with Crippen LogP contribution in [0.2, 0.25) is 0 Å². The zero-order valence-electron chi connectivity index (χ0n) is 23.9. The maximum absolute atomic E-state index is 13.5. The number of anilines is 1. The van der Waals surface area contributed by atoms with E-state index in [1.807, 2.05) is 20.8 Å². The van der Waals surface area contributed by atoms with E-state index in [0.717, 1.165) is 31.0 Å². The summed E-state index contributed by atoms with van der Waals surface area (Å²) in [6, 6.07) is 5.28. The Morgan fingerprint density at radius 2 is 1.73 bits per heavy atom. The molecule has 0 unspecified atom stereocenters. The van der Waals surface area contributed by atoms with Crippen molar-refractivity contribution in [3.63, 3.8) is 0 Å². The number of piperazine rings is 1. The normalized spacial score (nSPS) is 18.2. The fourth-order valence-corrected chi connectivity index (χ4v) is 5.23. The van der Waals surface area contributed by atoms with Gasteiger partial charge >= 0.3 is 12.3 Å². The largest absolute Gasteiger partial charge is 0.449 e. The first-order chi connectivity index (χ1) is 19.3. The first-order valence-electron chi connectivity index (χ1n) is 13.9. The molecule has 2 aliphatic rings. The number of alkyl halides is 3. The molecule has 2 fully saturated rings. The zero-order valence-corrected chi connectivity index (χ0v) is 23.9. The van der Waals surface area contributed by atoms with Crippen LogP contribution in [-0.4, -0.2) is 90.7 Å². The van der Waals surface area contributed by atoms with Gasteiger partial charge in [0.2, 0.25) is 5.91 Å². The Hall–Kier alpha value is -3.41. The maximum Gasteiger partial charge on any atom is 0.416 e. The minimum absolute atomic E-state index is 0.00635. The Morgan fingerprint density at radius 1 is 1.02 bits per heavy atom. The number of halogens is 3. The lowest BCUT2D eigenvalue weighted by Gasteiger charge is -2.43. The van der Waals surface area contributed by atoms with Crippen molar-refractivity contribution in [3.8, 4) is 0 Å². The number of rotatable bonds is 7. The van der Waals surface area contributed by atoms with Crippen LogP contribution in [-0.2, 0) is 21.1 Å². The monoisotopic (exact) mass is 576 g/mol. The summed E-state index contributed by atoms with van der Waals surface area (Å²) in [5.74, 6) is 0.810. The number of alkyl carbamates (subject to hydrolysis) is 1. The molecule has 0 spiro atoms. The van der Waals surface area contributed by atoms with Gasteiger partial charge in [0.1, 0.15) is 5.82 Å². The van der Waals surface area contributed by atoms with Crippen LogP contribution in [0, 0.1) is 5.41 Å². The molecule has 2 aliphatic heterocycles. The number of nitrogens with one attached hydrogen (secondary N) is 1. The lowest BCUT2D eigenvalue weighted by molar-refractivity contribution is -0.137. The second kappa shape index (κ2) is 12.6. The van der Waals surface area contributed by atoms with Crippen molar-refractivity contribution in [1.82, 2.24) is 25.1 Å². The summed E-state index contributed by atoms with van der Waals surface area (Å²) >= 11 is 0. The van der Waals surface area contributed by atoms with Gasteiger partial charge in [-0.25, -0.2) is 9.78 Å². The third kappa shape index (κ3) is 8.31. The average molecular weight is 577 g/mol. The highest BCUT2D eigenvalue weighted by atomic mass is 19.4. The summed E-state index contributed by atoms with van der Waals surface area (Å²) in [7, 11) is 0. The molecule has 0 atom stereocenters.